The van der Waals surface area contributed by atoms with Crippen LogP contribution in [0.1, 0.15) is 81.5 Å². The first-order valence-electron chi connectivity index (χ1n) is 15.7. The van der Waals surface area contributed by atoms with Crippen LogP contribution < -0.4 is 10.6 Å². The summed E-state index contributed by atoms with van der Waals surface area (Å²) in [4.78, 5) is 32.3. The summed E-state index contributed by atoms with van der Waals surface area (Å²) in [5.41, 5.74) is -0.179. The molecule has 0 aliphatic heterocycles. The number of alkyl halides is 2. The number of aromatic nitrogens is 10. The van der Waals surface area contributed by atoms with Gasteiger partial charge in [0, 0.05) is 37.6 Å². The van der Waals surface area contributed by atoms with E-state index in [1.165, 1.54) is 30.4 Å². The summed E-state index contributed by atoms with van der Waals surface area (Å²) in [7, 11) is 1.52. The third-order valence-corrected chi connectivity index (χ3v) is 9.29. The van der Waals surface area contributed by atoms with Crippen molar-refractivity contribution in [1.82, 2.24) is 55.0 Å². The van der Waals surface area contributed by atoms with E-state index in [9.17, 15) is 18.0 Å². The number of nitrogens with one attached hydrogen (secondary N) is 3. The number of anilines is 2. The number of amides is 1. The molecule has 0 atom stereocenters. The van der Waals surface area contributed by atoms with Gasteiger partial charge in [-0.3, -0.25) is 14.9 Å². The number of methoxy groups -OCH3 is 1. The Morgan fingerprint density at radius 1 is 1.08 bits per heavy atom. The molecule has 2 aliphatic rings. The molecular formula is C31H35F3N12O2. The fourth-order valence-corrected chi connectivity index (χ4v) is 6.41. The van der Waals surface area contributed by atoms with Crippen LogP contribution in [0.2, 0.25) is 0 Å². The molecule has 5 heterocycles. The van der Waals surface area contributed by atoms with Crippen LogP contribution in [0.5, 0.6) is 0 Å². The van der Waals surface area contributed by atoms with Crippen LogP contribution in [0.4, 0.5) is 24.8 Å². The molecule has 14 nitrogen and oxygen atoms in total. The number of aryl methyl sites for hydroxylation is 1. The average molecular weight is 665 g/mol. The van der Waals surface area contributed by atoms with Crippen molar-refractivity contribution in [2.24, 2.45) is 0 Å². The van der Waals surface area contributed by atoms with Gasteiger partial charge >= 0.3 is 0 Å². The molecular weight excluding hydrogens is 629 g/mol. The predicted molar refractivity (Wildman–Crippen MR) is 166 cm³/mol. The number of carbonyl (C=O) groups excluding carboxylic acids is 1. The minimum atomic E-state index is -2.72. The highest BCUT2D eigenvalue weighted by Gasteiger charge is 2.48. The van der Waals surface area contributed by atoms with Gasteiger partial charge in [-0.1, -0.05) is 0 Å². The molecule has 2 aliphatic carbocycles. The van der Waals surface area contributed by atoms with E-state index in [2.05, 4.69) is 41.0 Å². The molecule has 3 N–H and O–H groups in total. The molecule has 17 heteroatoms. The number of rotatable bonds is 9. The van der Waals surface area contributed by atoms with Crippen molar-refractivity contribution in [3.8, 4) is 5.82 Å². The second-order valence-electron chi connectivity index (χ2n) is 13.2. The summed E-state index contributed by atoms with van der Waals surface area (Å²) in [6, 6.07) is 1.37. The zero-order chi connectivity index (χ0) is 33.8. The van der Waals surface area contributed by atoms with Crippen LogP contribution in [0, 0.1) is 12.7 Å². The fraction of sp³-hybridized carbons (Fsp3) is 0.484. The number of halogens is 3. The average Bonchev–Trinajstić information content (AvgIpc) is 3.79. The van der Waals surface area contributed by atoms with Crippen molar-refractivity contribution in [3.63, 3.8) is 0 Å². The van der Waals surface area contributed by atoms with E-state index < -0.39 is 28.9 Å². The highest BCUT2D eigenvalue weighted by atomic mass is 19.3. The maximum atomic E-state index is 13.8. The van der Waals surface area contributed by atoms with Crippen molar-refractivity contribution in [1.29, 1.82) is 0 Å². The standard InChI is InChI=1S/C31H35F3N12O2/c1-17-9-23(44-43-17)39-26-21-13-38-46(20-10-31(33,34)11-20)27(21)41-25(40-26)18-5-7-30(48-4,8-6-18)28(47)42-29(2,3)22-14-36-24(15-35-22)45-16-19(32)12-37-45/h9,12-16,18,20H,5-8,10-11H2,1-4H3,(H,42,47)(H2,39,40,41,43,44). The molecule has 0 aromatic carbocycles. The smallest absolute Gasteiger partial charge is 0.252 e. The summed E-state index contributed by atoms with van der Waals surface area (Å²) < 4.78 is 49.7. The number of H-pyrrole nitrogens is 1. The van der Waals surface area contributed by atoms with Crippen molar-refractivity contribution < 1.29 is 22.7 Å². The second kappa shape index (κ2) is 11.6. The Morgan fingerprint density at radius 2 is 1.85 bits per heavy atom. The molecule has 1 amide bonds. The van der Waals surface area contributed by atoms with Gasteiger partial charge in [0.2, 0.25) is 0 Å². The molecule has 5 aromatic heterocycles. The highest BCUT2D eigenvalue weighted by molar-refractivity contribution is 5.88. The number of carbonyl (C=O) groups is 1. The first-order chi connectivity index (χ1) is 22.8. The maximum absolute atomic E-state index is 13.8. The third kappa shape index (κ3) is 5.86. The minimum Gasteiger partial charge on any atom is -0.368 e. The largest absolute Gasteiger partial charge is 0.368 e. The molecule has 2 saturated carbocycles. The molecule has 0 spiro atoms. The summed E-state index contributed by atoms with van der Waals surface area (Å²) in [5.74, 6) is -1.73. The lowest BCUT2D eigenvalue weighted by molar-refractivity contribution is -0.150. The van der Waals surface area contributed by atoms with Crippen LogP contribution in [-0.4, -0.2) is 74.2 Å². The number of fused-ring (bicyclic) bond motifs is 1. The second-order valence-corrected chi connectivity index (χ2v) is 13.2. The Bertz CT molecular complexity index is 1950. The van der Waals surface area contributed by atoms with E-state index in [0.29, 0.717) is 65.7 Å². The lowest BCUT2D eigenvalue weighted by Crippen LogP contribution is -2.55. The highest BCUT2D eigenvalue weighted by Crippen LogP contribution is 2.47. The molecule has 48 heavy (non-hydrogen) atoms. The van der Waals surface area contributed by atoms with E-state index in [1.54, 1.807) is 10.9 Å². The molecule has 0 bridgehead atoms. The van der Waals surface area contributed by atoms with E-state index in [4.69, 9.17) is 14.7 Å². The SMILES string of the molecule is COC1(C(=O)NC(C)(C)c2cnc(-n3cc(F)cn3)cn2)CCC(c2nc(Nc3cc(C)[nH]n3)c3cnn(C4CC(F)(F)C4)c3n2)CC1. The Kier molecular flexibility index (Phi) is 7.68. The number of ether oxygens (including phenoxy) is 1. The zero-order valence-electron chi connectivity index (χ0n) is 26.8. The molecule has 2 fully saturated rings. The van der Waals surface area contributed by atoms with Gasteiger partial charge in [-0.25, -0.2) is 37.5 Å². The van der Waals surface area contributed by atoms with Crippen molar-refractivity contribution in [3.05, 3.63) is 60.1 Å². The van der Waals surface area contributed by atoms with Crippen LogP contribution in [-0.2, 0) is 15.1 Å². The Labute approximate surface area is 272 Å². The summed E-state index contributed by atoms with van der Waals surface area (Å²) in [6.07, 6.45) is 8.12. The topological polar surface area (TPSA) is 166 Å². The fourth-order valence-electron chi connectivity index (χ4n) is 6.41. The van der Waals surface area contributed by atoms with Crippen molar-refractivity contribution in [2.75, 3.05) is 12.4 Å². The number of hydrogen-bond acceptors (Lipinski definition) is 10. The van der Waals surface area contributed by atoms with Gasteiger partial charge in [-0.05, 0) is 46.5 Å². The number of hydrogen-bond donors (Lipinski definition) is 3. The van der Waals surface area contributed by atoms with Crippen LogP contribution in [0.3, 0.4) is 0 Å². The van der Waals surface area contributed by atoms with E-state index in [-0.39, 0.29) is 24.7 Å². The van der Waals surface area contributed by atoms with Gasteiger partial charge in [-0.15, -0.1) is 0 Å². The summed E-state index contributed by atoms with van der Waals surface area (Å²) in [6.45, 7) is 5.51. The van der Waals surface area contributed by atoms with Gasteiger partial charge in [0.05, 0.1) is 53.6 Å². The lowest BCUT2D eigenvalue weighted by atomic mass is 9.77. The zero-order valence-corrected chi connectivity index (χ0v) is 26.8. The van der Waals surface area contributed by atoms with Gasteiger partial charge in [0.15, 0.2) is 23.1 Å². The van der Waals surface area contributed by atoms with Gasteiger partial charge in [0.1, 0.15) is 17.2 Å². The van der Waals surface area contributed by atoms with Gasteiger partial charge in [0.25, 0.3) is 11.8 Å². The minimum absolute atomic E-state index is 0.128. The molecule has 7 rings (SSSR count). The quantitative estimate of drug-likeness (QED) is 0.200. The molecule has 0 radical (unpaired) electrons. The molecule has 5 aromatic rings. The predicted octanol–water partition coefficient (Wildman–Crippen LogP) is 4.78. The monoisotopic (exact) mass is 664 g/mol. The van der Waals surface area contributed by atoms with Crippen LogP contribution >= 0.6 is 0 Å². The van der Waals surface area contributed by atoms with Gasteiger partial charge < -0.3 is 15.4 Å². The number of aromatic amines is 1. The molecule has 0 saturated heterocycles. The van der Waals surface area contributed by atoms with Crippen LogP contribution in [0.15, 0.2) is 37.1 Å². The van der Waals surface area contributed by atoms with E-state index >= 15 is 0 Å². The Morgan fingerprint density at radius 3 is 2.46 bits per heavy atom. The van der Waals surface area contributed by atoms with Gasteiger partial charge in [-0.2, -0.15) is 15.3 Å². The van der Waals surface area contributed by atoms with Crippen LogP contribution in [0.25, 0.3) is 16.9 Å². The summed E-state index contributed by atoms with van der Waals surface area (Å²) >= 11 is 0. The lowest BCUT2D eigenvalue weighted by Gasteiger charge is -2.39. The van der Waals surface area contributed by atoms with Crippen molar-refractivity contribution in [2.45, 2.75) is 88.3 Å². The normalized spacial score (nSPS) is 21.3. The summed E-state index contributed by atoms with van der Waals surface area (Å²) in [5, 5.41) is 22.4. The first-order valence-corrected chi connectivity index (χ1v) is 15.7. The molecule has 0 unspecified atom stereocenters. The Balaban J connectivity index is 1.09. The van der Waals surface area contributed by atoms with E-state index in [1.807, 2.05) is 26.8 Å². The first kappa shape index (κ1) is 31.7. The maximum Gasteiger partial charge on any atom is 0.252 e. The third-order valence-electron chi connectivity index (χ3n) is 9.29. The Hall–Kier alpha value is -4.93. The molecule has 252 valence electrons. The van der Waals surface area contributed by atoms with E-state index in [0.717, 1.165) is 11.9 Å². The van der Waals surface area contributed by atoms with Crippen molar-refractivity contribution >= 4 is 28.6 Å². The number of nitrogens with zero attached hydrogens (tertiary/aromatic N) is 9.